The SMILES string of the molecule is CC(C)n1cc(C2Cc3cc(F)ccc3N2C)c2c(Br)ccnc21. The molecule has 1 unspecified atom stereocenters. The molecule has 0 radical (unpaired) electrons. The van der Waals surface area contributed by atoms with Crippen LogP contribution in [0.4, 0.5) is 10.1 Å². The van der Waals surface area contributed by atoms with Crippen molar-refractivity contribution >= 4 is 32.7 Å². The van der Waals surface area contributed by atoms with Crippen molar-refractivity contribution < 1.29 is 4.39 Å². The van der Waals surface area contributed by atoms with Crippen molar-refractivity contribution in [1.29, 1.82) is 0 Å². The van der Waals surface area contributed by atoms with Gasteiger partial charge in [-0.15, -0.1) is 0 Å². The second-order valence-corrected chi connectivity index (χ2v) is 7.54. The third-order valence-electron chi connectivity index (χ3n) is 4.91. The van der Waals surface area contributed by atoms with Crippen LogP contribution in [0, 0.1) is 5.82 Å². The Morgan fingerprint density at radius 3 is 2.83 bits per heavy atom. The molecule has 5 heteroatoms. The Balaban J connectivity index is 1.89. The van der Waals surface area contributed by atoms with Crippen molar-refractivity contribution in [2.45, 2.75) is 32.4 Å². The van der Waals surface area contributed by atoms with Crippen LogP contribution in [-0.4, -0.2) is 16.6 Å². The number of anilines is 1. The van der Waals surface area contributed by atoms with Crippen LogP contribution in [0.25, 0.3) is 11.0 Å². The van der Waals surface area contributed by atoms with Crippen LogP contribution in [0.5, 0.6) is 0 Å². The van der Waals surface area contributed by atoms with E-state index in [4.69, 9.17) is 0 Å². The highest BCUT2D eigenvalue weighted by Gasteiger charge is 2.31. The van der Waals surface area contributed by atoms with Gasteiger partial charge in [0, 0.05) is 46.6 Å². The van der Waals surface area contributed by atoms with Crippen LogP contribution in [-0.2, 0) is 6.42 Å². The molecule has 2 aromatic heterocycles. The first kappa shape index (κ1) is 15.6. The van der Waals surface area contributed by atoms with Gasteiger partial charge in [-0.3, -0.25) is 0 Å². The lowest BCUT2D eigenvalue weighted by molar-refractivity contribution is 0.611. The summed E-state index contributed by atoms with van der Waals surface area (Å²) in [7, 11) is 2.08. The molecule has 1 atom stereocenters. The fourth-order valence-corrected chi connectivity index (χ4v) is 4.23. The Hall–Kier alpha value is -1.88. The number of likely N-dealkylation sites (N-methyl/N-ethyl adjacent to an activating group) is 1. The molecule has 3 nitrogen and oxygen atoms in total. The summed E-state index contributed by atoms with van der Waals surface area (Å²) < 4.78 is 16.9. The number of pyridine rings is 1. The van der Waals surface area contributed by atoms with Crippen LogP contribution in [0.1, 0.15) is 37.1 Å². The smallest absolute Gasteiger partial charge is 0.141 e. The molecule has 0 saturated carbocycles. The largest absolute Gasteiger partial charge is 0.367 e. The van der Waals surface area contributed by atoms with E-state index in [0.717, 1.165) is 33.2 Å². The Labute approximate surface area is 149 Å². The minimum Gasteiger partial charge on any atom is -0.367 e. The number of nitrogens with zero attached hydrogens (tertiary/aromatic N) is 3. The van der Waals surface area contributed by atoms with E-state index in [1.165, 1.54) is 11.6 Å². The number of aromatic nitrogens is 2. The normalized spacial score (nSPS) is 17.1. The molecule has 0 aliphatic carbocycles. The van der Waals surface area contributed by atoms with Gasteiger partial charge in [-0.1, -0.05) is 0 Å². The topological polar surface area (TPSA) is 21.1 Å². The van der Waals surface area contributed by atoms with Gasteiger partial charge in [0.2, 0.25) is 0 Å². The maximum Gasteiger partial charge on any atom is 0.141 e. The highest BCUT2D eigenvalue weighted by molar-refractivity contribution is 9.10. The fourth-order valence-electron chi connectivity index (χ4n) is 3.71. The lowest BCUT2D eigenvalue weighted by Crippen LogP contribution is -2.19. The predicted octanol–water partition coefficient (Wildman–Crippen LogP) is 5.25. The summed E-state index contributed by atoms with van der Waals surface area (Å²) in [5.41, 5.74) is 4.39. The second kappa shape index (κ2) is 5.59. The average molecular weight is 388 g/mol. The zero-order valence-corrected chi connectivity index (χ0v) is 15.5. The van der Waals surface area contributed by atoms with E-state index in [2.05, 4.69) is 57.5 Å². The van der Waals surface area contributed by atoms with E-state index >= 15 is 0 Å². The fraction of sp³-hybridized carbons (Fsp3) is 0.316. The predicted molar refractivity (Wildman–Crippen MR) is 99.1 cm³/mol. The highest BCUT2D eigenvalue weighted by atomic mass is 79.9. The van der Waals surface area contributed by atoms with Gasteiger partial charge in [-0.25, -0.2) is 9.37 Å². The molecule has 0 spiro atoms. The summed E-state index contributed by atoms with van der Waals surface area (Å²) >= 11 is 3.69. The van der Waals surface area contributed by atoms with E-state index in [9.17, 15) is 4.39 Å². The van der Waals surface area contributed by atoms with Crippen molar-refractivity contribution in [2.24, 2.45) is 0 Å². The third kappa shape index (κ3) is 2.25. The molecule has 0 bridgehead atoms. The number of benzene rings is 1. The molecular weight excluding hydrogens is 369 g/mol. The summed E-state index contributed by atoms with van der Waals surface area (Å²) in [5, 5.41) is 1.15. The van der Waals surface area contributed by atoms with Gasteiger partial charge < -0.3 is 9.47 Å². The number of hydrogen-bond acceptors (Lipinski definition) is 2. The minimum absolute atomic E-state index is 0.171. The summed E-state index contributed by atoms with van der Waals surface area (Å²) in [6.07, 6.45) is 4.84. The van der Waals surface area contributed by atoms with Crippen LogP contribution in [0.15, 0.2) is 41.1 Å². The van der Waals surface area contributed by atoms with Gasteiger partial charge in [0.05, 0.1) is 6.04 Å². The van der Waals surface area contributed by atoms with Crippen molar-refractivity contribution in [3.63, 3.8) is 0 Å². The molecule has 0 N–H and O–H groups in total. The minimum atomic E-state index is -0.171. The lowest BCUT2D eigenvalue weighted by Gasteiger charge is -2.22. The number of fused-ring (bicyclic) bond motifs is 2. The Morgan fingerprint density at radius 2 is 2.08 bits per heavy atom. The number of halogens is 2. The number of hydrogen-bond donors (Lipinski definition) is 0. The summed E-state index contributed by atoms with van der Waals surface area (Å²) in [5.74, 6) is -0.171. The summed E-state index contributed by atoms with van der Waals surface area (Å²) in [6, 6.07) is 7.56. The van der Waals surface area contributed by atoms with Gasteiger partial charge >= 0.3 is 0 Å². The molecule has 0 saturated heterocycles. The Bertz CT molecular complexity index is 932. The molecule has 24 heavy (non-hydrogen) atoms. The average Bonchev–Trinajstić information content (AvgIpc) is 3.06. The first-order valence-corrected chi connectivity index (χ1v) is 8.93. The lowest BCUT2D eigenvalue weighted by atomic mass is 10.0. The molecule has 3 heterocycles. The molecule has 1 aliphatic rings. The van der Waals surface area contributed by atoms with Crippen LogP contribution in [0.3, 0.4) is 0 Å². The van der Waals surface area contributed by atoms with Crippen LogP contribution < -0.4 is 4.90 Å². The van der Waals surface area contributed by atoms with Crippen molar-refractivity contribution in [2.75, 3.05) is 11.9 Å². The monoisotopic (exact) mass is 387 g/mol. The quantitative estimate of drug-likeness (QED) is 0.598. The van der Waals surface area contributed by atoms with Crippen LogP contribution >= 0.6 is 15.9 Å². The first-order valence-electron chi connectivity index (χ1n) is 8.13. The van der Waals surface area contributed by atoms with Crippen molar-refractivity contribution in [3.8, 4) is 0 Å². The maximum absolute atomic E-state index is 13.6. The molecule has 3 aromatic rings. The zero-order chi connectivity index (χ0) is 17.0. The molecule has 0 fully saturated rings. The standard InChI is InChI=1S/C19H19BrFN3/c1-11(2)24-10-14(18-15(20)6-7-22-19(18)24)17-9-12-8-13(21)4-5-16(12)23(17)3/h4-8,10-11,17H,9H2,1-3H3. The van der Waals surface area contributed by atoms with Crippen molar-refractivity contribution in [3.05, 3.63) is 58.1 Å². The molecule has 124 valence electrons. The molecule has 4 rings (SSSR count). The van der Waals surface area contributed by atoms with Crippen LogP contribution in [0.2, 0.25) is 0 Å². The van der Waals surface area contributed by atoms with Gasteiger partial charge in [0.1, 0.15) is 11.5 Å². The van der Waals surface area contributed by atoms with Gasteiger partial charge in [-0.05, 0) is 66.0 Å². The van der Waals surface area contributed by atoms with Gasteiger partial charge in [-0.2, -0.15) is 0 Å². The molecule has 1 aromatic carbocycles. The van der Waals surface area contributed by atoms with Crippen molar-refractivity contribution in [1.82, 2.24) is 9.55 Å². The highest BCUT2D eigenvalue weighted by Crippen LogP contribution is 2.43. The second-order valence-electron chi connectivity index (χ2n) is 6.68. The van der Waals surface area contributed by atoms with Gasteiger partial charge in [0.15, 0.2) is 0 Å². The first-order chi connectivity index (χ1) is 11.5. The Kier molecular flexibility index (Phi) is 3.64. The Morgan fingerprint density at radius 1 is 1.29 bits per heavy atom. The molecular formula is C19H19BrFN3. The number of rotatable bonds is 2. The van der Waals surface area contributed by atoms with E-state index in [0.29, 0.717) is 6.04 Å². The van der Waals surface area contributed by atoms with E-state index in [1.807, 2.05) is 18.3 Å². The van der Waals surface area contributed by atoms with Gasteiger partial charge in [0.25, 0.3) is 0 Å². The summed E-state index contributed by atoms with van der Waals surface area (Å²) in [6.45, 7) is 4.32. The van der Waals surface area contributed by atoms with E-state index in [-0.39, 0.29) is 11.9 Å². The van der Waals surface area contributed by atoms with E-state index in [1.54, 1.807) is 6.07 Å². The third-order valence-corrected chi connectivity index (χ3v) is 5.57. The molecule has 0 amide bonds. The molecule has 1 aliphatic heterocycles. The summed E-state index contributed by atoms with van der Waals surface area (Å²) in [4.78, 5) is 6.84. The maximum atomic E-state index is 13.6. The van der Waals surface area contributed by atoms with E-state index < -0.39 is 0 Å². The zero-order valence-electron chi connectivity index (χ0n) is 13.9.